The molecular weight excluding hydrogens is 308 g/mol. The Morgan fingerprint density at radius 2 is 1.84 bits per heavy atom. The van der Waals surface area contributed by atoms with Gasteiger partial charge in [-0.2, -0.15) is 0 Å². The van der Waals surface area contributed by atoms with Crippen LogP contribution in [0.1, 0.15) is 70.7 Å². The quantitative estimate of drug-likeness (QED) is 0.789. The summed E-state index contributed by atoms with van der Waals surface area (Å²) in [7, 11) is 0. The summed E-state index contributed by atoms with van der Waals surface area (Å²) in [5.74, 6) is 0.822. The van der Waals surface area contributed by atoms with Gasteiger partial charge >= 0.3 is 0 Å². The molecule has 4 atom stereocenters. The summed E-state index contributed by atoms with van der Waals surface area (Å²) in [6.07, 6.45) is 5.05. The van der Waals surface area contributed by atoms with E-state index in [-0.39, 0.29) is 17.5 Å². The van der Waals surface area contributed by atoms with E-state index in [1.807, 2.05) is 30.3 Å². The second-order valence-electron chi connectivity index (χ2n) is 9.03. The highest BCUT2D eigenvalue weighted by atomic mass is 16.2. The Hall–Kier alpha value is -1.35. The number of hydrogen-bond donors (Lipinski definition) is 0. The summed E-state index contributed by atoms with van der Waals surface area (Å²) in [5, 5.41) is 0. The number of carbonyl (C=O) groups excluding carboxylic acids is 1. The Morgan fingerprint density at radius 3 is 2.44 bits per heavy atom. The molecule has 0 aromatic heterocycles. The molecule has 2 aliphatic rings. The molecule has 25 heavy (non-hydrogen) atoms. The largest absolute Gasteiger partial charge is 0.319 e. The fourth-order valence-electron chi connectivity index (χ4n) is 4.89. The lowest BCUT2D eigenvalue weighted by Crippen LogP contribution is -2.58. The normalized spacial score (nSPS) is 30.4. The number of benzene rings is 1. The molecule has 138 valence electrons. The Bertz CT molecular complexity index is 592. The minimum atomic E-state index is 0.100. The molecule has 0 bridgehead atoms. The van der Waals surface area contributed by atoms with E-state index >= 15 is 0 Å². The first kappa shape index (κ1) is 18.4. The van der Waals surface area contributed by atoms with Crippen molar-refractivity contribution >= 4 is 5.91 Å². The number of amides is 1. The van der Waals surface area contributed by atoms with Crippen LogP contribution < -0.4 is 0 Å². The lowest BCUT2D eigenvalue weighted by Gasteiger charge is -2.47. The third kappa shape index (κ3) is 3.48. The highest BCUT2D eigenvalue weighted by molar-refractivity contribution is 5.94. The van der Waals surface area contributed by atoms with Gasteiger partial charge in [0.2, 0.25) is 0 Å². The number of likely N-dealkylation sites (tertiary alicyclic amines) is 2. The molecule has 1 aromatic carbocycles. The van der Waals surface area contributed by atoms with Crippen LogP contribution in [0.2, 0.25) is 0 Å². The number of fused-ring (bicyclic) bond motifs is 1. The SMILES string of the molecule is CCCN1C(C)CCC2CC(C(C)(C)C)N(C(=O)c3ccccc3)C21. The van der Waals surface area contributed by atoms with Gasteiger partial charge < -0.3 is 4.90 Å². The third-order valence-electron chi connectivity index (χ3n) is 6.17. The molecule has 2 fully saturated rings. The molecule has 1 aromatic rings. The van der Waals surface area contributed by atoms with Gasteiger partial charge in [-0.05, 0) is 56.1 Å². The summed E-state index contributed by atoms with van der Waals surface area (Å²) in [5.41, 5.74) is 0.926. The summed E-state index contributed by atoms with van der Waals surface area (Å²) in [4.78, 5) is 18.4. The summed E-state index contributed by atoms with van der Waals surface area (Å²) in [6.45, 7) is 12.5. The van der Waals surface area contributed by atoms with Gasteiger partial charge in [0, 0.05) is 24.2 Å². The maximum atomic E-state index is 13.5. The van der Waals surface area contributed by atoms with Crippen molar-refractivity contribution < 1.29 is 4.79 Å². The molecule has 4 unspecified atom stereocenters. The molecule has 3 nitrogen and oxygen atoms in total. The van der Waals surface area contributed by atoms with E-state index in [1.54, 1.807) is 0 Å². The second-order valence-corrected chi connectivity index (χ2v) is 9.03. The number of rotatable bonds is 3. The minimum Gasteiger partial charge on any atom is -0.319 e. The van der Waals surface area contributed by atoms with Gasteiger partial charge in [0.25, 0.3) is 5.91 Å². The topological polar surface area (TPSA) is 23.6 Å². The van der Waals surface area contributed by atoms with Crippen LogP contribution in [0.3, 0.4) is 0 Å². The van der Waals surface area contributed by atoms with Crippen molar-refractivity contribution in [1.29, 1.82) is 0 Å². The molecular formula is C22H34N2O. The lowest BCUT2D eigenvalue weighted by atomic mass is 9.82. The standard InChI is InChI=1S/C22H34N2O/c1-6-14-23-16(2)12-13-18-15-19(22(3,4)5)24(20(18)23)21(25)17-10-8-7-9-11-17/h7-11,16,18-20H,6,12-15H2,1-5H3. The van der Waals surface area contributed by atoms with Crippen LogP contribution in [0.4, 0.5) is 0 Å². The van der Waals surface area contributed by atoms with Gasteiger partial charge in [0.1, 0.15) is 0 Å². The van der Waals surface area contributed by atoms with E-state index in [9.17, 15) is 4.79 Å². The summed E-state index contributed by atoms with van der Waals surface area (Å²) < 4.78 is 0. The molecule has 0 radical (unpaired) electrons. The fourth-order valence-corrected chi connectivity index (χ4v) is 4.89. The second kappa shape index (κ2) is 7.11. The van der Waals surface area contributed by atoms with E-state index in [1.165, 1.54) is 12.8 Å². The van der Waals surface area contributed by atoms with Crippen LogP contribution in [-0.4, -0.2) is 40.5 Å². The molecule has 3 rings (SSSR count). The molecule has 2 heterocycles. The molecule has 2 saturated heterocycles. The first-order valence-electron chi connectivity index (χ1n) is 9.98. The van der Waals surface area contributed by atoms with Gasteiger partial charge in [-0.3, -0.25) is 9.69 Å². The van der Waals surface area contributed by atoms with E-state index in [0.29, 0.717) is 18.0 Å². The van der Waals surface area contributed by atoms with Crippen molar-refractivity contribution in [3.8, 4) is 0 Å². The van der Waals surface area contributed by atoms with Gasteiger partial charge in [0.05, 0.1) is 6.17 Å². The Balaban J connectivity index is 2.00. The van der Waals surface area contributed by atoms with Gasteiger partial charge in [-0.25, -0.2) is 0 Å². The average Bonchev–Trinajstić information content (AvgIpc) is 2.98. The molecule has 2 aliphatic heterocycles. The molecule has 0 aliphatic carbocycles. The van der Waals surface area contributed by atoms with Crippen LogP contribution in [0, 0.1) is 11.3 Å². The zero-order valence-corrected chi connectivity index (χ0v) is 16.5. The number of nitrogens with zero attached hydrogens (tertiary/aromatic N) is 2. The van der Waals surface area contributed by atoms with Crippen molar-refractivity contribution in [3.63, 3.8) is 0 Å². The van der Waals surface area contributed by atoms with E-state index in [4.69, 9.17) is 0 Å². The molecule has 3 heteroatoms. The van der Waals surface area contributed by atoms with Crippen LogP contribution in [0.5, 0.6) is 0 Å². The highest BCUT2D eigenvalue weighted by Gasteiger charge is 2.52. The Labute approximate surface area is 153 Å². The van der Waals surface area contributed by atoms with Gasteiger partial charge in [0.15, 0.2) is 0 Å². The fraction of sp³-hybridized carbons (Fsp3) is 0.682. The zero-order chi connectivity index (χ0) is 18.2. The lowest BCUT2D eigenvalue weighted by molar-refractivity contribution is -0.0235. The van der Waals surface area contributed by atoms with Crippen LogP contribution in [0.15, 0.2) is 30.3 Å². The van der Waals surface area contributed by atoms with Crippen molar-refractivity contribution in [1.82, 2.24) is 9.80 Å². The third-order valence-corrected chi connectivity index (χ3v) is 6.17. The summed E-state index contributed by atoms with van der Waals surface area (Å²) >= 11 is 0. The maximum Gasteiger partial charge on any atom is 0.255 e. The summed E-state index contributed by atoms with van der Waals surface area (Å²) in [6, 6.07) is 10.7. The molecule has 1 amide bonds. The predicted octanol–water partition coefficient (Wildman–Crippen LogP) is 4.78. The predicted molar refractivity (Wildman–Crippen MR) is 103 cm³/mol. The molecule has 0 spiro atoms. The highest BCUT2D eigenvalue weighted by Crippen LogP contribution is 2.46. The zero-order valence-electron chi connectivity index (χ0n) is 16.5. The number of piperidine rings is 1. The van der Waals surface area contributed by atoms with Crippen LogP contribution >= 0.6 is 0 Å². The van der Waals surface area contributed by atoms with Crippen molar-refractivity contribution in [2.24, 2.45) is 11.3 Å². The van der Waals surface area contributed by atoms with Crippen molar-refractivity contribution in [3.05, 3.63) is 35.9 Å². The van der Waals surface area contributed by atoms with Gasteiger partial charge in [-0.1, -0.05) is 45.9 Å². The maximum absolute atomic E-state index is 13.5. The Morgan fingerprint density at radius 1 is 1.16 bits per heavy atom. The van der Waals surface area contributed by atoms with Crippen molar-refractivity contribution in [2.45, 2.75) is 78.6 Å². The number of carbonyl (C=O) groups is 1. The average molecular weight is 343 g/mol. The minimum absolute atomic E-state index is 0.100. The monoisotopic (exact) mass is 342 g/mol. The number of hydrogen-bond acceptors (Lipinski definition) is 2. The first-order chi connectivity index (χ1) is 11.8. The Kier molecular flexibility index (Phi) is 5.24. The van der Waals surface area contributed by atoms with Crippen LogP contribution in [0.25, 0.3) is 0 Å². The smallest absolute Gasteiger partial charge is 0.255 e. The van der Waals surface area contributed by atoms with Gasteiger partial charge in [-0.15, -0.1) is 0 Å². The first-order valence-corrected chi connectivity index (χ1v) is 9.98. The van der Waals surface area contributed by atoms with E-state index in [2.05, 4.69) is 44.4 Å². The molecule has 0 N–H and O–H groups in total. The van der Waals surface area contributed by atoms with Crippen LogP contribution in [-0.2, 0) is 0 Å². The van der Waals surface area contributed by atoms with E-state index < -0.39 is 0 Å². The van der Waals surface area contributed by atoms with Crippen molar-refractivity contribution in [2.75, 3.05) is 6.54 Å². The molecule has 0 saturated carbocycles. The van der Waals surface area contributed by atoms with E-state index in [0.717, 1.165) is 24.9 Å².